The molecule has 0 aliphatic rings. The summed E-state index contributed by atoms with van der Waals surface area (Å²) in [5, 5.41) is 11.3. The Morgan fingerprint density at radius 3 is 2.48 bits per heavy atom. The molecule has 0 aliphatic carbocycles. The highest BCUT2D eigenvalue weighted by Gasteiger charge is 2.15. The Morgan fingerprint density at radius 1 is 0.963 bits per heavy atom. The summed E-state index contributed by atoms with van der Waals surface area (Å²) in [4.78, 5) is 9.27. The summed E-state index contributed by atoms with van der Waals surface area (Å²) in [5.74, 6) is 0. The molecule has 2 aromatic heterocycles. The number of rotatable bonds is 4. The molecule has 0 atom stereocenters. The van der Waals surface area contributed by atoms with Gasteiger partial charge in [-0.05, 0) is 78.1 Å². The van der Waals surface area contributed by atoms with Crippen LogP contribution in [-0.4, -0.2) is 21.7 Å². The first-order valence-electron chi connectivity index (χ1n) is 8.89. The summed E-state index contributed by atoms with van der Waals surface area (Å²) in [5.41, 5.74) is 7.05. The van der Waals surface area contributed by atoms with E-state index in [1.165, 1.54) is 0 Å². The zero-order chi connectivity index (χ0) is 18.8. The summed E-state index contributed by atoms with van der Waals surface area (Å²) in [6.07, 6.45) is 2.37. The molecule has 0 spiro atoms. The molecule has 4 heteroatoms. The fraction of sp³-hybridized carbons (Fsp3) is 0.130. The summed E-state index contributed by atoms with van der Waals surface area (Å²) < 4.78 is 0. The van der Waals surface area contributed by atoms with Gasteiger partial charge in [0.05, 0.1) is 16.9 Å². The SMILES string of the molecule is Cc1cc2nc(-c3ccccn3)ccc2c(-c2ccc(Cl)cc2)c1CCO. The van der Waals surface area contributed by atoms with E-state index in [4.69, 9.17) is 16.6 Å². The third-order valence-electron chi connectivity index (χ3n) is 4.75. The van der Waals surface area contributed by atoms with E-state index in [9.17, 15) is 5.11 Å². The van der Waals surface area contributed by atoms with Crippen LogP contribution in [0.1, 0.15) is 11.1 Å². The molecule has 0 amide bonds. The van der Waals surface area contributed by atoms with Gasteiger partial charge < -0.3 is 5.11 Å². The number of pyridine rings is 2. The van der Waals surface area contributed by atoms with Gasteiger partial charge in [-0.3, -0.25) is 4.98 Å². The van der Waals surface area contributed by atoms with E-state index in [0.717, 1.165) is 44.5 Å². The van der Waals surface area contributed by atoms with Crippen LogP contribution in [0, 0.1) is 6.92 Å². The third-order valence-corrected chi connectivity index (χ3v) is 5.00. The lowest BCUT2D eigenvalue weighted by Gasteiger charge is -2.16. The van der Waals surface area contributed by atoms with Crippen LogP contribution < -0.4 is 0 Å². The molecule has 0 radical (unpaired) electrons. The molecule has 134 valence electrons. The van der Waals surface area contributed by atoms with Crippen LogP contribution in [0.25, 0.3) is 33.4 Å². The minimum atomic E-state index is 0.104. The Bertz CT molecular complexity index is 1090. The molecule has 0 saturated carbocycles. The van der Waals surface area contributed by atoms with E-state index in [2.05, 4.69) is 24.0 Å². The fourth-order valence-corrected chi connectivity index (χ4v) is 3.61. The summed E-state index contributed by atoms with van der Waals surface area (Å²) in [7, 11) is 0. The lowest BCUT2D eigenvalue weighted by atomic mass is 9.90. The third kappa shape index (κ3) is 3.44. The van der Waals surface area contributed by atoms with E-state index in [1.54, 1.807) is 6.20 Å². The van der Waals surface area contributed by atoms with Crippen LogP contribution in [0.4, 0.5) is 0 Å². The number of hydrogen-bond acceptors (Lipinski definition) is 3. The van der Waals surface area contributed by atoms with Gasteiger partial charge in [-0.25, -0.2) is 4.98 Å². The van der Waals surface area contributed by atoms with Gasteiger partial charge >= 0.3 is 0 Å². The standard InChI is InChI=1S/C23H19ClN2O/c1-15-14-22-19(9-10-21(26-22)20-4-2-3-12-25-20)23(18(15)11-13-27)16-5-7-17(24)8-6-16/h2-10,12,14,27H,11,13H2,1H3. The first kappa shape index (κ1) is 17.7. The first-order valence-corrected chi connectivity index (χ1v) is 9.26. The summed E-state index contributed by atoms with van der Waals surface area (Å²) in [6.45, 7) is 2.17. The second-order valence-electron chi connectivity index (χ2n) is 6.51. The Labute approximate surface area is 163 Å². The Kier molecular flexibility index (Phi) is 4.88. The number of aryl methyl sites for hydroxylation is 1. The van der Waals surface area contributed by atoms with Crippen molar-refractivity contribution < 1.29 is 5.11 Å². The minimum absolute atomic E-state index is 0.104. The lowest BCUT2D eigenvalue weighted by molar-refractivity contribution is 0.299. The van der Waals surface area contributed by atoms with Crippen molar-refractivity contribution >= 4 is 22.5 Å². The molecule has 4 aromatic rings. The molecule has 2 heterocycles. The molecule has 0 saturated heterocycles. The van der Waals surface area contributed by atoms with Crippen molar-refractivity contribution in [3.63, 3.8) is 0 Å². The van der Waals surface area contributed by atoms with Gasteiger partial charge in [-0.1, -0.05) is 29.8 Å². The first-order chi connectivity index (χ1) is 13.2. The highest BCUT2D eigenvalue weighted by Crippen LogP contribution is 2.35. The maximum Gasteiger partial charge on any atom is 0.0893 e. The van der Waals surface area contributed by atoms with Gasteiger partial charge in [-0.15, -0.1) is 0 Å². The highest BCUT2D eigenvalue weighted by atomic mass is 35.5. The number of halogens is 1. The predicted octanol–water partition coefficient (Wildman–Crippen LogP) is 5.46. The zero-order valence-corrected chi connectivity index (χ0v) is 15.7. The largest absolute Gasteiger partial charge is 0.396 e. The second-order valence-corrected chi connectivity index (χ2v) is 6.94. The molecule has 0 fully saturated rings. The maximum absolute atomic E-state index is 9.58. The van der Waals surface area contributed by atoms with E-state index in [1.807, 2.05) is 48.5 Å². The van der Waals surface area contributed by atoms with Crippen molar-refractivity contribution in [1.29, 1.82) is 0 Å². The van der Waals surface area contributed by atoms with E-state index in [0.29, 0.717) is 11.4 Å². The molecular formula is C23H19ClN2O. The van der Waals surface area contributed by atoms with Crippen LogP contribution in [0.5, 0.6) is 0 Å². The monoisotopic (exact) mass is 374 g/mol. The second kappa shape index (κ2) is 7.47. The van der Waals surface area contributed by atoms with Crippen molar-refractivity contribution in [2.45, 2.75) is 13.3 Å². The summed E-state index contributed by atoms with van der Waals surface area (Å²) in [6, 6.07) is 19.8. The van der Waals surface area contributed by atoms with Crippen LogP contribution in [0.15, 0.2) is 66.9 Å². The molecular weight excluding hydrogens is 356 g/mol. The lowest BCUT2D eigenvalue weighted by Crippen LogP contribution is -2.00. The van der Waals surface area contributed by atoms with Crippen LogP contribution in [-0.2, 0) is 6.42 Å². The summed E-state index contributed by atoms with van der Waals surface area (Å²) >= 11 is 6.08. The molecule has 0 bridgehead atoms. The maximum atomic E-state index is 9.58. The zero-order valence-electron chi connectivity index (χ0n) is 15.0. The van der Waals surface area contributed by atoms with E-state index in [-0.39, 0.29) is 6.61 Å². The van der Waals surface area contributed by atoms with Gasteiger partial charge in [0.25, 0.3) is 0 Å². The fourth-order valence-electron chi connectivity index (χ4n) is 3.49. The molecule has 3 nitrogen and oxygen atoms in total. The topological polar surface area (TPSA) is 46.0 Å². The number of aliphatic hydroxyl groups excluding tert-OH is 1. The van der Waals surface area contributed by atoms with Gasteiger partial charge in [0.15, 0.2) is 0 Å². The number of fused-ring (bicyclic) bond motifs is 1. The van der Waals surface area contributed by atoms with Crippen LogP contribution >= 0.6 is 11.6 Å². The van der Waals surface area contributed by atoms with Gasteiger partial charge in [0, 0.05) is 23.2 Å². The molecule has 0 aliphatic heterocycles. The molecule has 0 unspecified atom stereocenters. The van der Waals surface area contributed by atoms with E-state index < -0.39 is 0 Å². The normalized spacial score (nSPS) is 11.1. The molecule has 1 N–H and O–H groups in total. The van der Waals surface area contributed by atoms with Crippen molar-refractivity contribution in [1.82, 2.24) is 9.97 Å². The smallest absolute Gasteiger partial charge is 0.0893 e. The highest BCUT2D eigenvalue weighted by molar-refractivity contribution is 6.30. The minimum Gasteiger partial charge on any atom is -0.396 e. The number of aromatic nitrogens is 2. The molecule has 4 rings (SSSR count). The van der Waals surface area contributed by atoms with Crippen LogP contribution in [0.2, 0.25) is 5.02 Å². The Morgan fingerprint density at radius 2 is 1.78 bits per heavy atom. The molecule has 27 heavy (non-hydrogen) atoms. The van der Waals surface area contributed by atoms with Crippen molar-refractivity contribution in [3.05, 3.63) is 83.0 Å². The average Bonchev–Trinajstić information content (AvgIpc) is 2.70. The average molecular weight is 375 g/mol. The van der Waals surface area contributed by atoms with Crippen molar-refractivity contribution in [3.8, 4) is 22.5 Å². The number of nitrogens with zero attached hydrogens (tertiary/aromatic N) is 2. The quantitative estimate of drug-likeness (QED) is 0.516. The van der Waals surface area contributed by atoms with Gasteiger partial charge in [0.1, 0.15) is 0 Å². The number of benzene rings is 2. The van der Waals surface area contributed by atoms with Crippen molar-refractivity contribution in [2.75, 3.05) is 6.61 Å². The van der Waals surface area contributed by atoms with Gasteiger partial charge in [0.2, 0.25) is 0 Å². The molecule has 2 aromatic carbocycles. The predicted molar refractivity (Wildman–Crippen MR) is 111 cm³/mol. The van der Waals surface area contributed by atoms with Gasteiger partial charge in [-0.2, -0.15) is 0 Å². The number of hydrogen-bond donors (Lipinski definition) is 1. The van der Waals surface area contributed by atoms with E-state index >= 15 is 0 Å². The Hall–Kier alpha value is -2.75. The van der Waals surface area contributed by atoms with Crippen LogP contribution in [0.3, 0.4) is 0 Å². The number of aliphatic hydroxyl groups is 1. The van der Waals surface area contributed by atoms with Crippen molar-refractivity contribution in [2.24, 2.45) is 0 Å². The Balaban J connectivity index is 1.98.